The van der Waals surface area contributed by atoms with Crippen LogP contribution in [0.1, 0.15) is 38.4 Å². The van der Waals surface area contributed by atoms with Crippen molar-refractivity contribution in [1.29, 1.82) is 0 Å². The molecule has 1 aromatic rings. The van der Waals surface area contributed by atoms with Crippen LogP contribution >= 0.6 is 11.5 Å². The summed E-state index contributed by atoms with van der Waals surface area (Å²) < 4.78 is 4.16. The molecule has 1 N–H and O–H groups in total. The van der Waals surface area contributed by atoms with Crippen LogP contribution in [0.3, 0.4) is 0 Å². The van der Waals surface area contributed by atoms with E-state index < -0.39 is 0 Å². The van der Waals surface area contributed by atoms with Gasteiger partial charge in [-0.15, -0.1) is 0 Å². The summed E-state index contributed by atoms with van der Waals surface area (Å²) in [6.07, 6.45) is 5.09. The van der Waals surface area contributed by atoms with Crippen LogP contribution in [0.5, 0.6) is 0 Å². The third-order valence-electron chi connectivity index (χ3n) is 2.89. The van der Waals surface area contributed by atoms with E-state index in [4.69, 9.17) is 0 Å². The van der Waals surface area contributed by atoms with Crippen molar-refractivity contribution in [3.63, 3.8) is 0 Å². The molecular formula is C9H15N3S. The van der Waals surface area contributed by atoms with Gasteiger partial charge in [0.2, 0.25) is 5.13 Å². The number of hydrogen-bond donors (Lipinski definition) is 1. The van der Waals surface area contributed by atoms with Crippen LogP contribution in [0.4, 0.5) is 5.13 Å². The lowest BCUT2D eigenvalue weighted by atomic mass is 9.75. The Bertz CT molecular complexity index is 285. The lowest BCUT2D eigenvalue weighted by molar-refractivity contribution is 0.269. The largest absolute Gasteiger partial charge is 0.355 e. The molecule has 4 heteroatoms. The molecule has 1 aromatic heterocycles. The molecule has 0 radical (unpaired) electrons. The highest BCUT2D eigenvalue weighted by Gasteiger charge is 2.35. The molecule has 3 nitrogen and oxygen atoms in total. The van der Waals surface area contributed by atoms with Crippen molar-refractivity contribution in [1.82, 2.24) is 9.36 Å². The van der Waals surface area contributed by atoms with Crippen molar-refractivity contribution in [3.8, 4) is 0 Å². The van der Waals surface area contributed by atoms with Crippen LogP contribution in [0.2, 0.25) is 0 Å². The van der Waals surface area contributed by atoms with Gasteiger partial charge in [0, 0.05) is 17.1 Å². The molecule has 1 aliphatic carbocycles. The maximum Gasteiger partial charge on any atom is 0.202 e. The van der Waals surface area contributed by atoms with E-state index in [0.29, 0.717) is 5.54 Å². The topological polar surface area (TPSA) is 37.8 Å². The molecule has 1 heterocycles. The van der Waals surface area contributed by atoms with Gasteiger partial charge >= 0.3 is 0 Å². The standard InChI is InChI=1S/C9H15N3S/c1-3-9(5-4-6-9)11-8-10-7(2)12-13-8/h3-6H2,1-2H3,(H,10,11,12). The highest BCUT2D eigenvalue weighted by atomic mass is 32.1. The summed E-state index contributed by atoms with van der Waals surface area (Å²) in [5, 5.41) is 4.49. The summed E-state index contributed by atoms with van der Waals surface area (Å²) in [4.78, 5) is 4.32. The van der Waals surface area contributed by atoms with Crippen molar-refractivity contribution in [3.05, 3.63) is 5.82 Å². The monoisotopic (exact) mass is 197 g/mol. The molecule has 0 aliphatic heterocycles. The van der Waals surface area contributed by atoms with Crippen LogP contribution in [0.25, 0.3) is 0 Å². The number of hydrogen-bond acceptors (Lipinski definition) is 4. The third kappa shape index (κ3) is 1.68. The normalized spacial score (nSPS) is 19.5. The average molecular weight is 197 g/mol. The molecule has 1 saturated carbocycles. The van der Waals surface area contributed by atoms with Gasteiger partial charge in [-0.3, -0.25) is 0 Å². The zero-order valence-electron chi connectivity index (χ0n) is 8.13. The van der Waals surface area contributed by atoms with Gasteiger partial charge in [-0.1, -0.05) is 6.92 Å². The summed E-state index contributed by atoms with van der Waals surface area (Å²) in [6, 6.07) is 0. The summed E-state index contributed by atoms with van der Waals surface area (Å²) >= 11 is 1.47. The molecular weight excluding hydrogens is 182 g/mol. The smallest absolute Gasteiger partial charge is 0.202 e. The lowest BCUT2D eigenvalue weighted by Gasteiger charge is -2.41. The van der Waals surface area contributed by atoms with Gasteiger partial charge in [0.25, 0.3) is 0 Å². The minimum Gasteiger partial charge on any atom is -0.355 e. The zero-order valence-corrected chi connectivity index (χ0v) is 8.95. The Morgan fingerprint density at radius 1 is 1.54 bits per heavy atom. The second-order valence-electron chi connectivity index (χ2n) is 3.76. The Morgan fingerprint density at radius 3 is 2.69 bits per heavy atom. The number of aromatic nitrogens is 2. The van der Waals surface area contributed by atoms with E-state index in [2.05, 4.69) is 21.6 Å². The SMILES string of the molecule is CCC1(Nc2nc(C)ns2)CCC1. The van der Waals surface area contributed by atoms with E-state index in [1.54, 1.807) is 0 Å². The molecule has 13 heavy (non-hydrogen) atoms. The summed E-state index contributed by atoms with van der Waals surface area (Å²) in [5.74, 6) is 0.873. The minimum atomic E-state index is 0.339. The Morgan fingerprint density at radius 2 is 2.31 bits per heavy atom. The van der Waals surface area contributed by atoms with Gasteiger partial charge in [-0.2, -0.15) is 4.37 Å². The third-order valence-corrected chi connectivity index (χ3v) is 3.61. The molecule has 0 aromatic carbocycles. The van der Waals surface area contributed by atoms with Gasteiger partial charge in [0.15, 0.2) is 0 Å². The summed E-state index contributed by atoms with van der Waals surface area (Å²) in [6.45, 7) is 4.17. The van der Waals surface area contributed by atoms with Crippen LogP contribution < -0.4 is 5.32 Å². The maximum absolute atomic E-state index is 4.32. The molecule has 72 valence electrons. The number of rotatable bonds is 3. The van der Waals surface area contributed by atoms with Crippen LogP contribution in [0, 0.1) is 6.92 Å². The van der Waals surface area contributed by atoms with E-state index in [1.807, 2.05) is 6.92 Å². The van der Waals surface area contributed by atoms with E-state index in [-0.39, 0.29) is 0 Å². The Balaban J connectivity index is 2.04. The van der Waals surface area contributed by atoms with Crippen molar-refractivity contribution in [2.45, 2.75) is 45.1 Å². The number of aryl methyl sites for hydroxylation is 1. The fourth-order valence-corrected chi connectivity index (χ4v) is 2.44. The molecule has 0 amide bonds. The molecule has 2 rings (SSSR count). The molecule has 1 aliphatic rings. The number of nitrogens with one attached hydrogen (secondary N) is 1. The molecule has 0 saturated heterocycles. The number of anilines is 1. The van der Waals surface area contributed by atoms with Gasteiger partial charge < -0.3 is 5.32 Å². The summed E-state index contributed by atoms with van der Waals surface area (Å²) in [5.41, 5.74) is 0.339. The van der Waals surface area contributed by atoms with Crippen molar-refractivity contribution >= 4 is 16.7 Å². The van der Waals surface area contributed by atoms with Gasteiger partial charge in [0.1, 0.15) is 5.82 Å². The van der Waals surface area contributed by atoms with Crippen LogP contribution in [-0.4, -0.2) is 14.9 Å². The second kappa shape index (κ2) is 3.25. The average Bonchev–Trinajstić information content (AvgIpc) is 2.44. The molecule has 1 fully saturated rings. The predicted octanol–water partition coefficient (Wildman–Crippen LogP) is 2.59. The van der Waals surface area contributed by atoms with E-state index in [9.17, 15) is 0 Å². The summed E-state index contributed by atoms with van der Waals surface area (Å²) in [7, 11) is 0. The first-order valence-corrected chi connectivity index (χ1v) is 5.60. The van der Waals surface area contributed by atoms with Crippen LogP contribution in [-0.2, 0) is 0 Å². The van der Waals surface area contributed by atoms with Gasteiger partial charge in [0.05, 0.1) is 0 Å². The Kier molecular flexibility index (Phi) is 2.24. The Hall–Kier alpha value is -0.640. The molecule has 0 spiro atoms. The quantitative estimate of drug-likeness (QED) is 0.809. The molecule has 0 bridgehead atoms. The highest BCUT2D eigenvalue weighted by Crippen LogP contribution is 2.38. The minimum absolute atomic E-state index is 0.339. The fraction of sp³-hybridized carbons (Fsp3) is 0.778. The molecule has 0 unspecified atom stereocenters. The maximum atomic E-state index is 4.32. The van der Waals surface area contributed by atoms with E-state index in [0.717, 1.165) is 11.0 Å². The van der Waals surface area contributed by atoms with Gasteiger partial charge in [-0.05, 0) is 32.6 Å². The first-order chi connectivity index (χ1) is 6.24. The second-order valence-corrected chi connectivity index (χ2v) is 4.51. The zero-order chi connectivity index (χ0) is 9.31. The van der Waals surface area contributed by atoms with Crippen molar-refractivity contribution in [2.24, 2.45) is 0 Å². The number of nitrogens with zero attached hydrogens (tertiary/aromatic N) is 2. The first-order valence-electron chi connectivity index (χ1n) is 4.83. The van der Waals surface area contributed by atoms with Crippen molar-refractivity contribution < 1.29 is 0 Å². The Labute approximate surface area is 82.8 Å². The van der Waals surface area contributed by atoms with E-state index >= 15 is 0 Å². The van der Waals surface area contributed by atoms with Crippen LogP contribution in [0.15, 0.2) is 0 Å². The lowest BCUT2D eigenvalue weighted by Crippen LogP contribution is -2.44. The highest BCUT2D eigenvalue weighted by molar-refractivity contribution is 7.09. The predicted molar refractivity (Wildman–Crippen MR) is 55.1 cm³/mol. The van der Waals surface area contributed by atoms with E-state index in [1.165, 1.54) is 37.2 Å². The first kappa shape index (κ1) is 8.94. The fourth-order valence-electron chi connectivity index (χ4n) is 1.75. The molecule has 0 atom stereocenters. The van der Waals surface area contributed by atoms with Gasteiger partial charge in [-0.25, -0.2) is 4.98 Å². The van der Waals surface area contributed by atoms with Crippen molar-refractivity contribution in [2.75, 3.05) is 5.32 Å².